The van der Waals surface area contributed by atoms with Gasteiger partial charge in [0, 0.05) is 41.2 Å². The van der Waals surface area contributed by atoms with Gasteiger partial charge in [-0.1, -0.05) is 35.9 Å². The molecule has 192 valence electrons. The molecule has 0 saturated carbocycles. The number of rotatable bonds is 16. The maximum absolute atomic E-state index is 12.1. The third-order valence-corrected chi connectivity index (χ3v) is 5.58. The van der Waals surface area contributed by atoms with E-state index in [9.17, 15) is 14.4 Å². The molecule has 14 heteroatoms. The van der Waals surface area contributed by atoms with Crippen LogP contribution in [0.3, 0.4) is 0 Å². The second-order valence-corrected chi connectivity index (χ2v) is 8.24. The van der Waals surface area contributed by atoms with Crippen molar-refractivity contribution in [2.45, 2.75) is 76.7 Å². The van der Waals surface area contributed by atoms with Crippen LogP contribution in [0.5, 0.6) is 0 Å². The maximum Gasteiger partial charge on any atom is 0.330 e. The van der Waals surface area contributed by atoms with Crippen molar-refractivity contribution < 1.29 is 19.0 Å². The van der Waals surface area contributed by atoms with Crippen LogP contribution in [0.1, 0.15) is 63.2 Å². The molecule has 3 unspecified atom stereocenters. The second-order valence-electron chi connectivity index (χ2n) is 8.24. The summed E-state index contributed by atoms with van der Waals surface area (Å²) in [6.07, 6.45) is 6.25. The van der Waals surface area contributed by atoms with Gasteiger partial charge in [0.1, 0.15) is 18.9 Å². The van der Waals surface area contributed by atoms with E-state index in [2.05, 4.69) is 25.0 Å². The van der Waals surface area contributed by atoms with E-state index in [4.69, 9.17) is 25.3 Å². The smallest absolute Gasteiger partial charge is 0.330 e. The molecular formula is C21H32N8O6. The van der Waals surface area contributed by atoms with Gasteiger partial charge in [-0.05, 0) is 30.8 Å². The first-order valence-electron chi connectivity index (χ1n) is 11.7. The highest BCUT2D eigenvalue weighted by Gasteiger charge is 2.37. The molecule has 1 aliphatic rings. The van der Waals surface area contributed by atoms with Crippen molar-refractivity contribution >= 4 is 5.97 Å². The number of esters is 1. The fraction of sp³-hybridized carbons (Fsp3) is 0.762. The Hall–Kier alpha value is -3.31. The van der Waals surface area contributed by atoms with E-state index in [0.29, 0.717) is 18.7 Å². The molecule has 0 aliphatic carbocycles. The SMILES string of the molecule is Cc1cn(C2CC(N=[N+]=[N-])C(COC(=O)CCOCCCCCCCCN=[N+]=[N-])O2)c(=O)[nH]c1=O. The lowest BCUT2D eigenvalue weighted by molar-refractivity contribution is -0.149. The van der Waals surface area contributed by atoms with Gasteiger partial charge in [0.15, 0.2) is 0 Å². The minimum atomic E-state index is -0.758. The van der Waals surface area contributed by atoms with Crippen LogP contribution in [-0.2, 0) is 19.0 Å². The fourth-order valence-electron chi connectivity index (χ4n) is 3.67. The van der Waals surface area contributed by atoms with Crippen LogP contribution in [0.2, 0.25) is 0 Å². The summed E-state index contributed by atoms with van der Waals surface area (Å²) in [6.45, 7) is 2.78. The number of azide groups is 2. The normalized spacial score (nSPS) is 19.1. The van der Waals surface area contributed by atoms with Crippen molar-refractivity contribution in [3.8, 4) is 0 Å². The predicted octanol–water partition coefficient (Wildman–Crippen LogP) is 3.41. The molecule has 1 N–H and O–H groups in total. The molecule has 2 rings (SSSR count). The summed E-state index contributed by atoms with van der Waals surface area (Å²) in [5.74, 6) is -0.464. The van der Waals surface area contributed by atoms with Gasteiger partial charge in [-0.2, -0.15) is 0 Å². The molecule has 0 radical (unpaired) electrons. The number of nitrogens with zero attached hydrogens (tertiary/aromatic N) is 7. The highest BCUT2D eigenvalue weighted by Crippen LogP contribution is 2.30. The molecule has 3 atom stereocenters. The van der Waals surface area contributed by atoms with Gasteiger partial charge in [-0.3, -0.25) is 19.1 Å². The van der Waals surface area contributed by atoms with E-state index in [1.165, 1.54) is 10.8 Å². The molecule has 1 aromatic heterocycles. The van der Waals surface area contributed by atoms with Crippen molar-refractivity contribution in [2.75, 3.05) is 26.4 Å². The Morgan fingerprint density at radius 1 is 1.17 bits per heavy atom. The molecular weight excluding hydrogens is 460 g/mol. The number of aryl methyl sites for hydroxylation is 1. The van der Waals surface area contributed by atoms with E-state index in [-0.39, 0.29) is 26.1 Å². The molecule has 1 saturated heterocycles. The quantitative estimate of drug-likeness (QED) is 0.120. The van der Waals surface area contributed by atoms with Crippen molar-refractivity contribution in [3.05, 3.63) is 53.5 Å². The number of carbonyl (C=O) groups is 1. The molecule has 2 heterocycles. The average molecular weight is 493 g/mol. The first kappa shape index (κ1) is 27.9. The number of carbonyl (C=O) groups excluding carboxylic acids is 1. The van der Waals surface area contributed by atoms with Crippen LogP contribution in [0.15, 0.2) is 26.0 Å². The molecule has 0 amide bonds. The Kier molecular flexibility index (Phi) is 12.4. The summed E-state index contributed by atoms with van der Waals surface area (Å²) in [4.78, 5) is 43.5. The first-order valence-corrected chi connectivity index (χ1v) is 11.7. The van der Waals surface area contributed by atoms with E-state index < -0.39 is 35.6 Å². The first-order chi connectivity index (χ1) is 17.0. The Morgan fingerprint density at radius 2 is 1.91 bits per heavy atom. The lowest BCUT2D eigenvalue weighted by Gasteiger charge is -2.17. The Morgan fingerprint density at radius 3 is 2.66 bits per heavy atom. The zero-order valence-electron chi connectivity index (χ0n) is 19.9. The zero-order valence-corrected chi connectivity index (χ0v) is 19.9. The molecule has 1 aliphatic heterocycles. The molecule has 1 fully saturated rings. The van der Waals surface area contributed by atoms with Crippen LogP contribution in [0.25, 0.3) is 20.9 Å². The number of hydrogen-bond acceptors (Lipinski definition) is 8. The number of nitrogens with one attached hydrogen (secondary N) is 1. The number of ether oxygens (including phenoxy) is 3. The third kappa shape index (κ3) is 9.83. The van der Waals surface area contributed by atoms with Gasteiger partial charge in [-0.15, -0.1) is 0 Å². The molecule has 14 nitrogen and oxygen atoms in total. The number of aromatic nitrogens is 2. The lowest BCUT2D eigenvalue weighted by Crippen LogP contribution is -2.33. The highest BCUT2D eigenvalue weighted by molar-refractivity contribution is 5.69. The van der Waals surface area contributed by atoms with Gasteiger partial charge in [0.2, 0.25) is 0 Å². The van der Waals surface area contributed by atoms with Gasteiger partial charge in [0.25, 0.3) is 5.56 Å². The second kappa shape index (κ2) is 15.6. The molecule has 35 heavy (non-hydrogen) atoms. The Balaban J connectivity index is 1.65. The molecule has 0 spiro atoms. The van der Waals surface area contributed by atoms with Crippen molar-refractivity contribution in [1.29, 1.82) is 0 Å². The van der Waals surface area contributed by atoms with Gasteiger partial charge >= 0.3 is 11.7 Å². The molecule has 0 bridgehead atoms. The minimum Gasteiger partial charge on any atom is -0.463 e. The highest BCUT2D eigenvalue weighted by atomic mass is 16.6. The van der Waals surface area contributed by atoms with Gasteiger partial charge < -0.3 is 14.2 Å². The van der Waals surface area contributed by atoms with E-state index in [1.807, 2.05) is 0 Å². The van der Waals surface area contributed by atoms with Crippen LogP contribution in [0, 0.1) is 6.92 Å². The summed E-state index contributed by atoms with van der Waals surface area (Å²) >= 11 is 0. The Labute approximate surface area is 201 Å². The molecule has 0 aromatic carbocycles. The van der Waals surface area contributed by atoms with Crippen LogP contribution >= 0.6 is 0 Å². The summed E-state index contributed by atoms with van der Waals surface area (Å²) < 4.78 is 17.8. The summed E-state index contributed by atoms with van der Waals surface area (Å²) in [5.41, 5.74) is 16.3. The topological polar surface area (TPSA) is 197 Å². The van der Waals surface area contributed by atoms with Crippen molar-refractivity contribution in [2.24, 2.45) is 10.2 Å². The van der Waals surface area contributed by atoms with Crippen molar-refractivity contribution in [3.63, 3.8) is 0 Å². The van der Waals surface area contributed by atoms with E-state index >= 15 is 0 Å². The predicted molar refractivity (Wildman–Crippen MR) is 126 cm³/mol. The minimum absolute atomic E-state index is 0.0836. The maximum atomic E-state index is 12.1. The number of aromatic amines is 1. The summed E-state index contributed by atoms with van der Waals surface area (Å²) in [6, 6.07) is -0.632. The summed E-state index contributed by atoms with van der Waals surface area (Å²) in [5, 5.41) is 7.20. The monoisotopic (exact) mass is 492 g/mol. The van der Waals surface area contributed by atoms with Crippen LogP contribution in [0.4, 0.5) is 0 Å². The van der Waals surface area contributed by atoms with Gasteiger partial charge in [0.05, 0.1) is 19.1 Å². The third-order valence-electron chi connectivity index (χ3n) is 5.58. The largest absolute Gasteiger partial charge is 0.463 e. The number of unbranched alkanes of at least 4 members (excludes halogenated alkanes) is 5. The number of hydrogen-bond donors (Lipinski definition) is 1. The fourth-order valence-corrected chi connectivity index (χ4v) is 3.67. The summed E-state index contributed by atoms with van der Waals surface area (Å²) in [7, 11) is 0. The van der Waals surface area contributed by atoms with E-state index in [0.717, 1.165) is 38.5 Å². The average Bonchev–Trinajstić information content (AvgIpc) is 3.23. The molecule has 1 aromatic rings. The standard InChI is InChI=1S/C21H32N8O6/c1-15-13-29(21(32)25-20(15)31)18-12-16(26-28-23)17(35-18)14-34-19(30)8-11-33-10-7-5-3-2-4-6-9-24-27-22/h13,16-18H,2-12,14H2,1H3,(H,25,31,32). The number of H-pyrrole nitrogens is 1. The van der Waals surface area contributed by atoms with E-state index in [1.54, 1.807) is 6.92 Å². The zero-order chi connectivity index (χ0) is 25.5. The van der Waals surface area contributed by atoms with Crippen LogP contribution in [-0.4, -0.2) is 54.0 Å². The Bertz CT molecular complexity index is 1030. The van der Waals surface area contributed by atoms with Crippen molar-refractivity contribution in [1.82, 2.24) is 9.55 Å². The van der Waals surface area contributed by atoms with Gasteiger partial charge in [-0.25, -0.2) is 4.79 Å². The lowest BCUT2D eigenvalue weighted by atomic mass is 10.1. The van der Waals surface area contributed by atoms with Crippen LogP contribution < -0.4 is 11.2 Å².